The van der Waals surface area contributed by atoms with Crippen molar-refractivity contribution in [3.63, 3.8) is 0 Å². The highest BCUT2D eigenvalue weighted by molar-refractivity contribution is 8.01. The maximum atomic E-state index is 13.0. The largest absolute Gasteiger partial charge is 0.337 e. The van der Waals surface area contributed by atoms with Gasteiger partial charge in [-0.1, -0.05) is 12.1 Å². The average Bonchev–Trinajstić information content (AvgIpc) is 3.08. The van der Waals surface area contributed by atoms with Crippen LogP contribution >= 0.6 is 11.8 Å². The van der Waals surface area contributed by atoms with E-state index in [1.165, 1.54) is 6.26 Å². The first-order chi connectivity index (χ1) is 12.0. The van der Waals surface area contributed by atoms with Gasteiger partial charge in [-0.15, -0.1) is 11.8 Å². The summed E-state index contributed by atoms with van der Waals surface area (Å²) < 4.78 is 23.2. The Kier molecular flexibility index (Phi) is 4.85. The molecule has 0 spiro atoms. The Hall–Kier alpha value is -1.54. The zero-order valence-corrected chi connectivity index (χ0v) is 17.1. The molecule has 0 radical (unpaired) electrons. The van der Waals surface area contributed by atoms with Crippen LogP contribution in [0.4, 0.5) is 0 Å². The van der Waals surface area contributed by atoms with E-state index in [1.54, 1.807) is 52.9 Å². The molecule has 2 saturated heterocycles. The van der Waals surface area contributed by atoms with Crippen LogP contribution in [0.5, 0.6) is 0 Å². The van der Waals surface area contributed by atoms with Crippen molar-refractivity contribution in [3.05, 3.63) is 29.8 Å². The molecule has 2 amide bonds. The molecule has 26 heavy (non-hydrogen) atoms. The average molecular weight is 397 g/mol. The minimum atomic E-state index is -3.25. The predicted octanol–water partition coefficient (Wildman–Crippen LogP) is 2.06. The lowest BCUT2D eigenvalue weighted by molar-refractivity contribution is -0.144. The van der Waals surface area contributed by atoms with E-state index in [4.69, 9.17) is 0 Å². The second-order valence-electron chi connectivity index (χ2n) is 7.23. The third-order valence-electron chi connectivity index (χ3n) is 5.45. The minimum absolute atomic E-state index is 0.0504. The van der Waals surface area contributed by atoms with Crippen LogP contribution in [0.1, 0.15) is 38.3 Å². The summed E-state index contributed by atoms with van der Waals surface area (Å²) in [5.41, 5.74) is 0.856. The molecule has 0 N–H and O–H groups in total. The number of nitrogens with zero attached hydrogens (tertiary/aromatic N) is 2. The quantitative estimate of drug-likeness (QED) is 0.779. The predicted molar refractivity (Wildman–Crippen MR) is 101 cm³/mol. The molecule has 3 unspecified atom stereocenters. The van der Waals surface area contributed by atoms with Crippen molar-refractivity contribution in [2.45, 2.75) is 48.5 Å². The van der Waals surface area contributed by atoms with Crippen molar-refractivity contribution in [2.24, 2.45) is 0 Å². The topological polar surface area (TPSA) is 74.8 Å². The van der Waals surface area contributed by atoms with Crippen molar-refractivity contribution in [1.29, 1.82) is 0 Å². The Bertz CT molecular complexity index is 837. The standard InChI is InChI=1S/C18H24N2O4S2/c1-12(13-5-7-14(8-6-13)26(4,23)24)19(3)17(22)15-11-25-18(2)10-9-16(21)20(15)18/h5-8,12,15H,9-11H2,1-4H3. The molecular weight excluding hydrogens is 372 g/mol. The smallest absolute Gasteiger partial charge is 0.246 e. The van der Waals surface area contributed by atoms with Gasteiger partial charge in [0, 0.05) is 25.5 Å². The van der Waals surface area contributed by atoms with Gasteiger partial charge in [-0.2, -0.15) is 0 Å². The third kappa shape index (κ3) is 3.24. The molecule has 142 valence electrons. The molecule has 0 aromatic heterocycles. The van der Waals surface area contributed by atoms with Crippen molar-refractivity contribution >= 4 is 33.4 Å². The molecule has 0 aliphatic carbocycles. The number of hydrogen-bond donors (Lipinski definition) is 0. The van der Waals surface area contributed by atoms with Crippen LogP contribution in [0.2, 0.25) is 0 Å². The van der Waals surface area contributed by atoms with E-state index in [2.05, 4.69) is 0 Å². The molecule has 2 aliphatic rings. The lowest BCUT2D eigenvalue weighted by Gasteiger charge is -2.34. The Balaban J connectivity index is 1.77. The molecule has 2 aliphatic heterocycles. The normalized spacial score (nSPS) is 26.7. The lowest BCUT2D eigenvalue weighted by atomic mass is 10.1. The number of carbonyl (C=O) groups excluding carboxylic acids is 2. The van der Waals surface area contributed by atoms with Gasteiger partial charge in [0.1, 0.15) is 6.04 Å². The van der Waals surface area contributed by atoms with Crippen LogP contribution in [0, 0.1) is 0 Å². The van der Waals surface area contributed by atoms with Gasteiger partial charge in [0.25, 0.3) is 0 Å². The SMILES string of the molecule is CC(c1ccc(S(C)(=O)=O)cc1)N(C)C(=O)C1CSC2(C)CCC(=O)N12. The number of sulfone groups is 1. The van der Waals surface area contributed by atoms with E-state index in [0.29, 0.717) is 12.2 Å². The maximum Gasteiger partial charge on any atom is 0.246 e. The molecule has 6 nitrogen and oxygen atoms in total. The lowest BCUT2D eigenvalue weighted by Crippen LogP contribution is -2.50. The highest BCUT2D eigenvalue weighted by Crippen LogP contribution is 2.47. The molecule has 3 rings (SSSR count). The van der Waals surface area contributed by atoms with Gasteiger partial charge in [-0.05, 0) is 38.0 Å². The second-order valence-corrected chi connectivity index (χ2v) is 10.7. The monoisotopic (exact) mass is 396 g/mol. The van der Waals surface area contributed by atoms with E-state index in [-0.39, 0.29) is 27.6 Å². The second kappa shape index (κ2) is 6.56. The highest BCUT2D eigenvalue weighted by Gasteiger charge is 2.53. The molecule has 2 heterocycles. The van der Waals surface area contributed by atoms with Gasteiger partial charge in [0.05, 0.1) is 15.8 Å². The van der Waals surface area contributed by atoms with Crippen LogP contribution in [-0.2, 0) is 19.4 Å². The summed E-state index contributed by atoms with van der Waals surface area (Å²) in [5, 5.41) is 0. The number of benzene rings is 1. The molecule has 1 aromatic carbocycles. The Morgan fingerprint density at radius 1 is 1.35 bits per heavy atom. The van der Waals surface area contributed by atoms with E-state index in [0.717, 1.165) is 12.0 Å². The first-order valence-electron chi connectivity index (χ1n) is 8.57. The van der Waals surface area contributed by atoms with Crippen molar-refractivity contribution in [1.82, 2.24) is 9.80 Å². The molecule has 0 saturated carbocycles. The molecule has 8 heteroatoms. The van der Waals surface area contributed by atoms with E-state index in [9.17, 15) is 18.0 Å². The van der Waals surface area contributed by atoms with Gasteiger partial charge in [0.15, 0.2) is 9.84 Å². The summed E-state index contributed by atoms with van der Waals surface area (Å²) in [6, 6.07) is 5.95. The first-order valence-corrected chi connectivity index (χ1v) is 11.4. The number of carbonyl (C=O) groups is 2. The molecular formula is C18H24N2O4S2. The van der Waals surface area contributed by atoms with Crippen LogP contribution in [-0.4, -0.2) is 60.0 Å². The fraction of sp³-hybridized carbons (Fsp3) is 0.556. The van der Waals surface area contributed by atoms with Crippen LogP contribution in [0.15, 0.2) is 29.2 Å². The summed E-state index contributed by atoms with van der Waals surface area (Å²) in [7, 11) is -1.51. The Labute approximate surface area is 158 Å². The van der Waals surface area contributed by atoms with Crippen molar-refractivity contribution in [2.75, 3.05) is 19.1 Å². The van der Waals surface area contributed by atoms with Crippen molar-refractivity contribution in [3.8, 4) is 0 Å². The molecule has 2 fully saturated rings. The maximum absolute atomic E-state index is 13.0. The fourth-order valence-electron chi connectivity index (χ4n) is 3.65. The number of fused-ring (bicyclic) bond motifs is 1. The summed E-state index contributed by atoms with van der Waals surface area (Å²) >= 11 is 1.68. The first kappa shape index (κ1) is 19.2. The Morgan fingerprint density at radius 2 is 1.96 bits per heavy atom. The Morgan fingerprint density at radius 3 is 2.54 bits per heavy atom. The number of thioether (sulfide) groups is 1. The van der Waals surface area contributed by atoms with E-state index >= 15 is 0 Å². The van der Waals surface area contributed by atoms with Gasteiger partial charge in [0.2, 0.25) is 11.8 Å². The summed E-state index contributed by atoms with van der Waals surface area (Å²) in [6.45, 7) is 3.93. The minimum Gasteiger partial charge on any atom is -0.337 e. The molecule has 1 aromatic rings. The van der Waals surface area contributed by atoms with E-state index in [1.807, 2.05) is 13.8 Å². The zero-order valence-electron chi connectivity index (χ0n) is 15.4. The summed E-state index contributed by atoms with van der Waals surface area (Å²) in [6.07, 6.45) is 2.45. The zero-order chi connectivity index (χ0) is 19.3. The summed E-state index contributed by atoms with van der Waals surface area (Å²) in [5.74, 6) is 0.594. The highest BCUT2D eigenvalue weighted by atomic mass is 32.2. The van der Waals surface area contributed by atoms with Gasteiger partial charge in [-0.25, -0.2) is 8.42 Å². The number of likely N-dealkylation sites (N-methyl/N-ethyl adjacent to an activating group) is 1. The van der Waals surface area contributed by atoms with E-state index < -0.39 is 15.9 Å². The van der Waals surface area contributed by atoms with Crippen LogP contribution in [0.25, 0.3) is 0 Å². The molecule has 0 bridgehead atoms. The summed E-state index contributed by atoms with van der Waals surface area (Å²) in [4.78, 5) is 28.7. The van der Waals surface area contributed by atoms with Crippen LogP contribution in [0.3, 0.4) is 0 Å². The number of hydrogen-bond acceptors (Lipinski definition) is 5. The third-order valence-corrected chi connectivity index (χ3v) is 8.08. The number of amides is 2. The van der Waals surface area contributed by atoms with Gasteiger partial charge >= 0.3 is 0 Å². The van der Waals surface area contributed by atoms with Gasteiger partial charge < -0.3 is 9.80 Å². The van der Waals surface area contributed by atoms with Crippen molar-refractivity contribution < 1.29 is 18.0 Å². The van der Waals surface area contributed by atoms with Crippen LogP contribution < -0.4 is 0 Å². The number of rotatable bonds is 4. The fourth-order valence-corrected chi connectivity index (χ4v) is 5.70. The van der Waals surface area contributed by atoms with Gasteiger partial charge in [-0.3, -0.25) is 9.59 Å². The molecule has 3 atom stereocenters.